The quantitative estimate of drug-likeness (QED) is 0.0760. The molecule has 0 spiro atoms. The molecule has 2 aromatic rings. The topological polar surface area (TPSA) is 65.2 Å². The summed E-state index contributed by atoms with van der Waals surface area (Å²) in [7, 11) is 6.24. The lowest BCUT2D eigenvalue weighted by Crippen LogP contribution is -2.47. The van der Waals surface area contributed by atoms with Gasteiger partial charge in [-0.2, -0.15) is 13.2 Å². The smallest absolute Gasteiger partial charge is 0.404 e. The van der Waals surface area contributed by atoms with Crippen molar-refractivity contribution in [3.63, 3.8) is 0 Å². The van der Waals surface area contributed by atoms with Crippen molar-refractivity contribution in [3.8, 4) is 0 Å². The van der Waals surface area contributed by atoms with Crippen molar-refractivity contribution in [2.75, 3.05) is 110 Å². The van der Waals surface area contributed by atoms with Crippen molar-refractivity contribution in [1.29, 1.82) is 0 Å². The number of hydrogen-bond acceptors (Lipinski definition) is 14. The van der Waals surface area contributed by atoms with Crippen LogP contribution in [0.4, 0.5) is 24.5 Å². The first-order valence-corrected chi connectivity index (χ1v) is 50.0. The molecule has 3 saturated heterocycles. The van der Waals surface area contributed by atoms with Gasteiger partial charge in [0.25, 0.3) is 0 Å². The standard InChI is InChI=1S/C15H23N.C12H25N.C12H19N.C9H17N.C9H19N.C9H21N.C8H14F3N.C8H18N2.C8H17NO2.2C7H17N/c1-13(2)16(14-9-5-3-6-10-14)15-11-7-4-8-12-15;2*1-10(2)13(11(3)4)12-8-6-5-7-9-12;1-7(2)10(8-3-4-8)9-5-6-9;1-9(2)10-7-5-3-4-6-8-10;1-6-7-10(8(2)3)9(4)5;1-6(2)12-5-3-4-7(12)8(9,10)11;1-8(2)10-6-4-9(3)5-7-10;1-5-11-8(10)6-9(4)7(2)3;1-6(2)8(5)7(3)4;1-5-8(6-2)7(3)4/h3,5-6,9-10,13,15H,4,7-8,11-12H2,1-2H3;10-12H,5-9H2,1-4H3;5-11H,1-4H3;7-9H,3-6H2,1-2H3;9H,3-8H2,1-2H3;8-9H,6-7H2,1-5H3;6-7H,3-5H2,1-2H3;8H,4-7H2,1-3H3;7H,5-6H2,1-4H3;6-7H,1-5H3;7H,5-6H2,1-4H3/t;;;;;;7-;;;;/m......1..../s1. The van der Waals surface area contributed by atoms with Gasteiger partial charge in [0.2, 0.25) is 0 Å². The van der Waals surface area contributed by atoms with Gasteiger partial charge in [0.1, 0.15) is 6.04 Å². The Labute approximate surface area is 752 Å². The zero-order valence-electron chi connectivity index (χ0n) is 87.0. The van der Waals surface area contributed by atoms with Gasteiger partial charge in [-0.1, -0.05) is 109 Å². The Balaban J connectivity index is 0. The molecule has 121 heavy (non-hydrogen) atoms. The van der Waals surface area contributed by atoms with Gasteiger partial charge in [-0.25, -0.2) is 0 Å². The highest BCUT2D eigenvalue weighted by atomic mass is 19.4. The number of benzene rings is 2. The van der Waals surface area contributed by atoms with Crippen LogP contribution in [0.5, 0.6) is 0 Å². The van der Waals surface area contributed by atoms with Gasteiger partial charge in [0, 0.05) is 152 Å². The molecule has 4 aliphatic carbocycles. The van der Waals surface area contributed by atoms with Crippen LogP contribution in [0.3, 0.4) is 0 Å². The van der Waals surface area contributed by atoms with E-state index in [1.165, 1.54) is 197 Å². The Bertz CT molecular complexity index is 2580. The molecule has 14 nitrogen and oxygen atoms in total. The van der Waals surface area contributed by atoms with E-state index < -0.39 is 12.2 Å². The zero-order valence-corrected chi connectivity index (χ0v) is 87.0. The largest absolute Gasteiger partial charge is 0.465 e. The van der Waals surface area contributed by atoms with Crippen LogP contribution in [0.2, 0.25) is 0 Å². The number of esters is 1. The fourth-order valence-electron chi connectivity index (χ4n) is 17.6. The summed E-state index contributed by atoms with van der Waals surface area (Å²) in [4.78, 5) is 39.6. The summed E-state index contributed by atoms with van der Waals surface area (Å²) >= 11 is 0. The minimum absolute atomic E-state index is 0.000810. The number of carbonyl (C=O) groups excluding carboxylic acids is 1. The second-order valence-electron chi connectivity index (χ2n) is 39.9. The number of likely N-dealkylation sites (N-methyl/N-ethyl adjacent to an activating group) is 2. The number of likely N-dealkylation sites (tertiary alicyclic amines) is 2. The Hall–Kier alpha value is -3.10. The summed E-state index contributed by atoms with van der Waals surface area (Å²) in [5.41, 5.74) is 2.71. The van der Waals surface area contributed by atoms with Crippen molar-refractivity contribution >= 4 is 17.3 Å². The number of halogens is 3. The number of piperazine rings is 1. The van der Waals surface area contributed by atoms with Crippen molar-refractivity contribution in [1.82, 2.24) is 49.0 Å². The molecule has 0 unspecified atom stereocenters. The predicted molar refractivity (Wildman–Crippen MR) is 530 cm³/mol. The van der Waals surface area contributed by atoms with E-state index in [0.29, 0.717) is 92.6 Å². The van der Waals surface area contributed by atoms with E-state index in [4.69, 9.17) is 4.74 Å². The van der Waals surface area contributed by atoms with Crippen LogP contribution in [0.25, 0.3) is 0 Å². The lowest BCUT2D eigenvalue weighted by molar-refractivity contribution is -0.179. The van der Waals surface area contributed by atoms with E-state index >= 15 is 0 Å². The molecule has 0 aromatic heterocycles. The van der Waals surface area contributed by atoms with Crippen LogP contribution in [0, 0.1) is 0 Å². The molecule has 0 N–H and O–H groups in total. The Kier molecular flexibility index (Phi) is 67.5. The van der Waals surface area contributed by atoms with E-state index in [9.17, 15) is 18.0 Å². The molecular weight excluding hydrogens is 1510 g/mol. The number of hydrogen-bond donors (Lipinski definition) is 0. The van der Waals surface area contributed by atoms with Crippen molar-refractivity contribution in [2.45, 2.75) is 497 Å². The van der Waals surface area contributed by atoms with Crippen LogP contribution in [-0.4, -0.2) is 282 Å². The molecule has 7 fully saturated rings. The molecule has 17 heteroatoms. The third-order valence-electron chi connectivity index (χ3n) is 25.0. The van der Waals surface area contributed by atoms with Gasteiger partial charge in [-0.15, -0.1) is 0 Å². The SMILES string of the molecule is CC(C)N(C(C)C)C1CCCCC1.CC(C)N(C)C(C)C.CC(C)N(C1CC1)C1CC1.CC(C)N(c1ccccc1)C(C)C.CC(C)N(c1ccccc1)C1CCCCC1.CC(C)N1CCCCCC1.CC(C)N1CCC[C@@H]1C(F)(F)F.CC(C)N1CCN(C)CC1.CCCN(C(C)C)C(C)C.CCN(CC)C(C)C.CCOC(=O)CN(C)C(C)C. The summed E-state index contributed by atoms with van der Waals surface area (Å²) in [6.45, 7) is 87.7. The number of rotatable bonds is 28. The summed E-state index contributed by atoms with van der Waals surface area (Å²) in [5.74, 6) is -0.149. The highest BCUT2D eigenvalue weighted by molar-refractivity contribution is 5.71. The number of ether oxygens (including phenoxy) is 1. The van der Waals surface area contributed by atoms with E-state index in [1.807, 2.05) is 46.6 Å². The molecule has 1 atom stereocenters. The highest BCUT2D eigenvalue weighted by Crippen LogP contribution is 2.39. The molecule has 3 aliphatic heterocycles. The monoisotopic (exact) mass is 1710 g/mol. The maximum absolute atomic E-state index is 12.3. The Morgan fingerprint density at radius 2 is 0.810 bits per heavy atom. The number of carbonyl (C=O) groups is 1. The molecule has 0 bridgehead atoms. The third kappa shape index (κ3) is 54.7. The van der Waals surface area contributed by atoms with Crippen LogP contribution in [0.15, 0.2) is 60.7 Å². The highest BCUT2D eigenvalue weighted by Gasteiger charge is 2.46. The lowest BCUT2D eigenvalue weighted by Gasteiger charge is -2.40. The molecule has 0 amide bonds. The summed E-state index contributed by atoms with van der Waals surface area (Å²) in [5, 5.41) is 0. The van der Waals surface area contributed by atoms with Gasteiger partial charge in [0.05, 0.1) is 13.2 Å². The van der Waals surface area contributed by atoms with E-state index in [1.54, 1.807) is 0 Å². The van der Waals surface area contributed by atoms with Crippen molar-refractivity contribution in [3.05, 3.63) is 60.7 Å². The van der Waals surface area contributed by atoms with Crippen molar-refractivity contribution < 1.29 is 22.7 Å². The average Bonchev–Trinajstić information content (AvgIpc) is 1.65. The second-order valence-corrected chi connectivity index (χ2v) is 39.9. The Morgan fingerprint density at radius 1 is 0.405 bits per heavy atom. The maximum Gasteiger partial charge on any atom is 0.404 e. The van der Waals surface area contributed by atoms with Gasteiger partial charge in [0.15, 0.2) is 0 Å². The normalized spacial score (nSPS) is 18.0. The first-order chi connectivity index (χ1) is 56.7. The zero-order chi connectivity index (χ0) is 92.8. The number of nitrogens with zero attached hydrogens (tertiary/aromatic N) is 12. The average molecular weight is 1710 g/mol. The van der Waals surface area contributed by atoms with E-state index in [0.717, 1.165) is 42.3 Å². The van der Waals surface area contributed by atoms with Crippen molar-refractivity contribution in [2.24, 2.45) is 0 Å². The summed E-state index contributed by atoms with van der Waals surface area (Å²) in [6.07, 6.45) is 23.9. The fourth-order valence-corrected chi connectivity index (χ4v) is 17.6. The minimum Gasteiger partial charge on any atom is -0.465 e. The first-order valence-electron chi connectivity index (χ1n) is 50.0. The molecule has 4 saturated carbocycles. The predicted octanol–water partition coefficient (Wildman–Crippen LogP) is 25.2. The molecule has 0 radical (unpaired) electrons. The van der Waals surface area contributed by atoms with Gasteiger partial charge in [-0.3, -0.25) is 34.2 Å². The van der Waals surface area contributed by atoms with Crippen LogP contribution >= 0.6 is 0 Å². The molecule has 9 rings (SSSR count). The maximum atomic E-state index is 12.3. The molecule has 716 valence electrons. The van der Waals surface area contributed by atoms with Crippen LogP contribution in [0.1, 0.15) is 370 Å². The molecule has 7 aliphatic rings. The van der Waals surface area contributed by atoms with E-state index in [-0.39, 0.29) is 18.4 Å². The van der Waals surface area contributed by atoms with Crippen LogP contribution in [-0.2, 0) is 9.53 Å². The fraction of sp³-hybridized carbons (Fsp3) is 0.875. The second kappa shape index (κ2) is 68.1. The molecular formula is C104H207F3N12O2. The molecule has 2 aromatic carbocycles. The lowest BCUT2D eigenvalue weighted by atomic mass is 9.92. The van der Waals surface area contributed by atoms with Gasteiger partial charge >= 0.3 is 12.1 Å². The summed E-state index contributed by atoms with van der Waals surface area (Å²) < 4.78 is 41.8. The van der Waals surface area contributed by atoms with Crippen LogP contribution < -0.4 is 9.80 Å². The Morgan fingerprint density at radius 3 is 1.09 bits per heavy atom. The van der Waals surface area contributed by atoms with E-state index in [2.05, 4.69) is 325 Å². The van der Waals surface area contributed by atoms with Gasteiger partial charge in [-0.05, 0) is 383 Å². The number of anilines is 2. The van der Waals surface area contributed by atoms with Gasteiger partial charge < -0.3 is 34.1 Å². The summed E-state index contributed by atoms with van der Waals surface area (Å²) in [6, 6.07) is 33.1. The minimum atomic E-state index is -4.04. The molecule has 3 heterocycles. The number of para-hydroxylation sites is 2. The number of alkyl halides is 3. The first kappa shape index (κ1) is 120. The third-order valence-corrected chi connectivity index (χ3v) is 25.0.